The van der Waals surface area contributed by atoms with E-state index in [1.54, 1.807) is 0 Å². The van der Waals surface area contributed by atoms with Gasteiger partial charge in [0.1, 0.15) is 0 Å². The predicted molar refractivity (Wildman–Crippen MR) is 117 cm³/mol. The van der Waals surface area contributed by atoms with Gasteiger partial charge < -0.3 is 37.9 Å². The second-order valence-corrected chi connectivity index (χ2v) is 6.33. The van der Waals surface area contributed by atoms with Crippen molar-refractivity contribution >= 4 is 0 Å². The van der Waals surface area contributed by atoms with E-state index in [1.807, 2.05) is 44.2 Å². The van der Waals surface area contributed by atoms with Crippen LogP contribution in [-0.2, 0) is 37.9 Å². The number of benzene rings is 1. The third-order valence-corrected chi connectivity index (χ3v) is 3.96. The van der Waals surface area contributed by atoms with Gasteiger partial charge in [0.25, 0.3) is 0 Å². The van der Waals surface area contributed by atoms with Gasteiger partial charge in [-0.2, -0.15) is 0 Å². The van der Waals surface area contributed by atoms with Gasteiger partial charge in [-0.3, -0.25) is 0 Å². The SMILES string of the molecule is CCOCCOCCOCCOC(OCCOCCOCCOCC)c1ccccc1. The van der Waals surface area contributed by atoms with E-state index in [0.29, 0.717) is 92.5 Å². The molecular weight excluding hydrogens is 404 g/mol. The van der Waals surface area contributed by atoms with Crippen LogP contribution in [0.15, 0.2) is 30.3 Å². The summed E-state index contributed by atoms with van der Waals surface area (Å²) >= 11 is 0. The summed E-state index contributed by atoms with van der Waals surface area (Å²) in [6.07, 6.45) is -0.460. The maximum Gasteiger partial charge on any atom is 0.184 e. The van der Waals surface area contributed by atoms with Crippen molar-refractivity contribution in [3.8, 4) is 0 Å². The summed E-state index contributed by atoms with van der Waals surface area (Å²) < 4.78 is 44.0. The molecule has 0 radical (unpaired) electrons. The van der Waals surface area contributed by atoms with Gasteiger partial charge >= 0.3 is 0 Å². The van der Waals surface area contributed by atoms with Crippen LogP contribution < -0.4 is 0 Å². The maximum atomic E-state index is 5.87. The van der Waals surface area contributed by atoms with Crippen molar-refractivity contribution in [2.45, 2.75) is 20.1 Å². The first-order chi connectivity index (χ1) is 15.4. The van der Waals surface area contributed by atoms with Gasteiger partial charge in [-0.05, 0) is 13.8 Å². The number of ether oxygens (including phenoxy) is 8. The second-order valence-electron chi connectivity index (χ2n) is 6.33. The van der Waals surface area contributed by atoms with E-state index in [4.69, 9.17) is 37.9 Å². The average Bonchev–Trinajstić information content (AvgIpc) is 2.80. The number of hydrogen-bond acceptors (Lipinski definition) is 8. The van der Waals surface area contributed by atoms with Gasteiger partial charge in [0.15, 0.2) is 6.29 Å². The van der Waals surface area contributed by atoms with E-state index in [1.165, 1.54) is 0 Å². The topological polar surface area (TPSA) is 73.8 Å². The highest BCUT2D eigenvalue weighted by Crippen LogP contribution is 2.18. The molecule has 1 aromatic rings. The Hall–Kier alpha value is -1.10. The zero-order chi connectivity index (χ0) is 22.2. The molecular formula is C23H40O8. The molecule has 8 heteroatoms. The summed E-state index contributed by atoms with van der Waals surface area (Å²) in [7, 11) is 0. The van der Waals surface area contributed by atoms with Crippen molar-refractivity contribution in [3.63, 3.8) is 0 Å². The Labute approximate surface area is 187 Å². The molecule has 0 fully saturated rings. The minimum atomic E-state index is -0.460. The standard InChI is InChI=1S/C23H40O8/c1-3-24-10-12-26-14-16-28-18-20-30-23(22-8-6-5-7-9-22)31-21-19-29-17-15-27-13-11-25-4-2/h5-9,23H,3-4,10-21H2,1-2H3. The Morgan fingerprint density at radius 3 is 1.23 bits per heavy atom. The largest absolute Gasteiger partial charge is 0.379 e. The Morgan fingerprint density at radius 1 is 0.484 bits per heavy atom. The van der Waals surface area contributed by atoms with Gasteiger partial charge in [0.05, 0.1) is 79.3 Å². The van der Waals surface area contributed by atoms with Crippen LogP contribution >= 0.6 is 0 Å². The highest BCUT2D eigenvalue weighted by atomic mass is 16.7. The van der Waals surface area contributed by atoms with Gasteiger partial charge in [0.2, 0.25) is 0 Å². The Morgan fingerprint density at radius 2 is 0.839 bits per heavy atom. The first-order valence-electron chi connectivity index (χ1n) is 11.1. The lowest BCUT2D eigenvalue weighted by molar-refractivity contribution is -0.163. The number of rotatable bonds is 23. The molecule has 8 nitrogen and oxygen atoms in total. The molecule has 0 saturated carbocycles. The quantitative estimate of drug-likeness (QED) is 0.188. The van der Waals surface area contributed by atoms with Gasteiger partial charge in [-0.15, -0.1) is 0 Å². The highest BCUT2D eigenvalue weighted by molar-refractivity contribution is 5.15. The summed E-state index contributed by atoms with van der Waals surface area (Å²) in [4.78, 5) is 0. The fourth-order valence-electron chi connectivity index (χ4n) is 2.45. The molecule has 1 rings (SSSR count). The zero-order valence-corrected chi connectivity index (χ0v) is 19.1. The third kappa shape index (κ3) is 17.2. The smallest absolute Gasteiger partial charge is 0.184 e. The fraction of sp³-hybridized carbons (Fsp3) is 0.739. The first kappa shape index (κ1) is 27.9. The molecule has 0 aliphatic carbocycles. The Bertz CT molecular complexity index is 450. The van der Waals surface area contributed by atoms with Crippen molar-refractivity contribution in [1.82, 2.24) is 0 Å². The monoisotopic (exact) mass is 444 g/mol. The minimum absolute atomic E-state index is 0.424. The lowest BCUT2D eigenvalue weighted by Gasteiger charge is -2.19. The lowest BCUT2D eigenvalue weighted by atomic mass is 10.2. The normalized spacial score (nSPS) is 11.5. The summed E-state index contributed by atoms with van der Waals surface area (Å²) in [5.41, 5.74) is 0.959. The molecule has 0 aromatic heterocycles. The summed E-state index contributed by atoms with van der Waals surface area (Å²) in [5, 5.41) is 0. The van der Waals surface area contributed by atoms with Gasteiger partial charge in [-0.1, -0.05) is 30.3 Å². The Balaban J connectivity index is 2.10. The zero-order valence-electron chi connectivity index (χ0n) is 19.1. The van der Waals surface area contributed by atoms with Gasteiger partial charge in [-0.25, -0.2) is 0 Å². The van der Waals surface area contributed by atoms with Crippen molar-refractivity contribution in [2.75, 3.05) is 92.5 Å². The average molecular weight is 445 g/mol. The van der Waals surface area contributed by atoms with Crippen LogP contribution in [0.4, 0.5) is 0 Å². The molecule has 0 saturated heterocycles. The van der Waals surface area contributed by atoms with Crippen molar-refractivity contribution in [2.24, 2.45) is 0 Å². The highest BCUT2D eigenvalue weighted by Gasteiger charge is 2.12. The van der Waals surface area contributed by atoms with Crippen molar-refractivity contribution < 1.29 is 37.9 Å². The fourth-order valence-corrected chi connectivity index (χ4v) is 2.45. The molecule has 0 atom stereocenters. The molecule has 0 unspecified atom stereocenters. The molecule has 0 spiro atoms. The predicted octanol–water partition coefficient (Wildman–Crippen LogP) is 2.86. The van der Waals surface area contributed by atoms with E-state index in [0.717, 1.165) is 5.56 Å². The van der Waals surface area contributed by atoms with E-state index < -0.39 is 6.29 Å². The lowest BCUT2D eigenvalue weighted by Crippen LogP contribution is -2.17. The van der Waals surface area contributed by atoms with E-state index in [-0.39, 0.29) is 0 Å². The molecule has 0 amide bonds. The van der Waals surface area contributed by atoms with Crippen LogP contribution in [0, 0.1) is 0 Å². The van der Waals surface area contributed by atoms with Crippen LogP contribution in [0.2, 0.25) is 0 Å². The first-order valence-corrected chi connectivity index (χ1v) is 11.1. The Kier molecular flexibility index (Phi) is 19.9. The maximum absolute atomic E-state index is 5.87. The van der Waals surface area contributed by atoms with E-state index in [2.05, 4.69) is 0 Å². The second kappa shape index (κ2) is 22.1. The summed E-state index contributed by atoms with van der Waals surface area (Å²) in [6, 6.07) is 9.84. The molecule has 0 heterocycles. The van der Waals surface area contributed by atoms with Crippen LogP contribution in [0.3, 0.4) is 0 Å². The summed E-state index contributed by atoms with van der Waals surface area (Å²) in [6.45, 7) is 11.6. The van der Waals surface area contributed by atoms with Crippen LogP contribution in [-0.4, -0.2) is 92.5 Å². The molecule has 1 aromatic carbocycles. The van der Waals surface area contributed by atoms with Gasteiger partial charge in [0, 0.05) is 18.8 Å². The van der Waals surface area contributed by atoms with Crippen molar-refractivity contribution in [3.05, 3.63) is 35.9 Å². The van der Waals surface area contributed by atoms with E-state index >= 15 is 0 Å². The minimum Gasteiger partial charge on any atom is -0.379 e. The molecule has 0 aliphatic heterocycles. The molecule has 31 heavy (non-hydrogen) atoms. The van der Waals surface area contributed by atoms with Crippen molar-refractivity contribution in [1.29, 1.82) is 0 Å². The van der Waals surface area contributed by atoms with Crippen LogP contribution in [0.25, 0.3) is 0 Å². The molecule has 0 aliphatic rings. The number of hydrogen-bond donors (Lipinski definition) is 0. The van der Waals surface area contributed by atoms with Crippen LogP contribution in [0.5, 0.6) is 0 Å². The van der Waals surface area contributed by atoms with Crippen LogP contribution in [0.1, 0.15) is 25.7 Å². The summed E-state index contributed by atoms with van der Waals surface area (Å²) in [5.74, 6) is 0. The molecule has 0 N–H and O–H groups in total. The third-order valence-electron chi connectivity index (χ3n) is 3.96. The van der Waals surface area contributed by atoms with E-state index in [9.17, 15) is 0 Å². The molecule has 0 bridgehead atoms. The molecule has 180 valence electrons.